The van der Waals surface area contributed by atoms with Crippen LogP contribution in [0.3, 0.4) is 0 Å². The average Bonchev–Trinajstić information content (AvgIpc) is 2.51. The van der Waals surface area contributed by atoms with Crippen molar-refractivity contribution in [2.45, 2.75) is 4.90 Å². The molecule has 0 fully saturated rings. The molecule has 0 spiro atoms. The highest BCUT2D eigenvalue weighted by Crippen LogP contribution is 2.47. The number of amidine groups is 1. The second-order valence-electron chi connectivity index (χ2n) is 4.14. The van der Waals surface area contributed by atoms with Crippen LogP contribution < -0.4 is 5.32 Å². The second kappa shape index (κ2) is 5.78. The van der Waals surface area contributed by atoms with Crippen LogP contribution in [0.5, 0.6) is 0 Å². The first-order valence-corrected chi connectivity index (χ1v) is 8.31. The van der Waals surface area contributed by atoms with E-state index in [4.69, 9.17) is 46.4 Å². The molecule has 0 aromatic heterocycles. The largest absolute Gasteiger partial charge is 0.337 e. The zero-order valence-corrected chi connectivity index (χ0v) is 14.0. The fraction of sp³-hybridized carbons (Fsp3) is 0. The van der Waals surface area contributed by atoms with Crippen molar-refractivity contribution in [2.24, 2.45) is 4.40 Å². The Morgan fingerprint density at radius 1 is 0.905 bits per heavy atom. The van der Waals surface area contributed by atoms with Gasteiger partial charge in [0.05, 0.1) is 25.8 Å². The molecule has 108 valence electrons. The Morgan fingerprint density at radius 2 is 1.52 bits per heavy atom. The second-order valence-corrected chi connectivity index (χ2v) is 6.74. The van der Waals surface area contributed by atoms with Gasteiger partial charge >= 0.3 is 0 Å². The van der Waals surface area contributed by atoms with E-state index in [1.54, 1.807) is 0 Å². The number of nitrogens with zero attached hydrogens (tertiary/aromatic N) is 1. The summed E-state index contributed by atoms with van der Waals surface area (Å²) in [5.74, 6) is 0.429. The predicted octanol–water partition coefficient (Wildman–Crippen LogP) is 5.20. The van der Waals surface area contributed by atoms with Crippen LogP contribution in [0.4, 0.5) is 5.69 Å². The van der Waals surface area contributed by atoms with Crippen molar-refractivity contribution in [2.75, 3.05) is 5.32 Å². The molecule has 0 saturated heterocycles. The van der Waals surface area contributed by atoms with E-state index in [1.807, 2.05) is 30.3 Å². The Hall–Kier alpha value is -0.780. The van der Waals surface area contributed by atoms with Crippen molar-refractivity contribution >= 4 is 68.9 Å². The molecule has 1 unspecified atom stereocenters. The van der Waals surface area contributed by atoms with Crippen LogP contribution in [-0.4, -0.2) is 10.0 Å². The smallest absolute Gasteiger partial charge is 0.178 e. The average molecular weight is 380 g/mol. The summed E-state index contributed by atoms with van der Waals surface area (Å²) >= 11 is 24.3. The number of benzene rings is 2. The van der Waals surface area contributed by atoms with Gasteiger partial charge in [0, 0.05) is 5.56 Å². The maximum atomic E-state index is 12.3. The molecule has 2 aromatic carbocycles. The van der Waals surface area contributed by atoms with E-state index < -0.39 is 11.0 Å². The monoisotopic (exact) mass is 378 g/mol. The number of halogens is 4. The normalized spacial score (nSPS) is 17.0. The van der Waals surface area contributed by atoms with Crippen molar-refractivity contribution in [3.05, 3.63) is 56.0 Å². The lowest BCUT2D eigenvalue weighted by Crippen LogP contribution is -2.20. The first-order valence-electron chi connectivity index (χ1n) is 5.69. The van der Waals surface area contributed by atoms with Crippen LogP contribution in [0.15, 0.2) is 39.6 Å². The summed E-state index contributed by atoms with van der Waals surface area (Å²) in [7, 11) is -1.72. The van der Waals surface area contributed by atoms with Gasteiger partial charge in [-0.1, -0.05) is 76.7 Å². The van der Waals surface area contributed by atoms with Crippen molar-refractivity contribution in [1.29, 1.82) is 0 Å². The third-order valence-electron chi connectivity index (χ3n) is 2.86. The van der Waals surface area contributed by atoms with E-state index in [2.05, 4.69) is 9.71 Å². The molecule has 0 saturated carbocycles. The molecule has 0 bridgehead atoms. The van der Waals surface area contributed by atoms with Gasteiger partial charge < -0.3 is 5.32 Å². The van der Waals surface area contributed by atoms with Gasteiger partial charge in [0.25, 0.3) is 0 Å². The Bertz CT molecular complexity index is 793. The number of fused-ring (bicyclic) bond motifs is 1. The van der Waals surface area contributed by atoms with Gasteiger partial charge in [-0.25, -0.2) is 4.21 Å². The summed E-state index contributed by atoms with van der Waals surface area (Å²) in [6, 6.07) is 9.24. The fourth-order valence-corrected chi connectivity index (χ4v) is 4.08. The van der Waals surface area contributed by atoms with Crippen LogP contribution in [0.2, 0.25) is 20.1 Å². The van der Waals surface area contributed by atoms with E-state index in [1.165, 1.54) is 0 Å². The first-order chi connectivity index (χ1) is 10.0. The molecule has 0 aliphatic carbocycles. The highest BCUT2D eigenvalue weighted by Gasteiger charge is 2.28. The summed E-state index contributed by atoms with van der Waals surface area (Å²) in [5.41, 5.74) is 1.14. The molecule has 2 aromatic rings. The van der Waals surface area contributed by atoms with E-state index in [-0.39, 0.29) is 25.0 Å². The first kappa shape index (κ1) is 15.1. The van der Waals surface area contributed by atoms with Crippen LogP contribution in [-0.2, 0) is 11.0 Å². The molecule has 0 amide bonds. The van der Waals surface area contributed by atoms with Crippen molar-refractivity contribution < 1.29 is 4.21 Å². The summed E-state index contributed by atoms with van der Waals surface area (Å²) in [5, 5.41) is 3.45. The lowest BCUT2D eigenvalue weighted by molar-refractivity contribution is 0.684. The lowest BCUT2D eigenvalue weighted by atomic mass is 10.2. The SMILES string of the molecule is O=S1N=C(c2ccccc2)Nc2c(Cl)c(Cl)c(Cl)c(Cl)c21. The maximum Gasteiger partial charge on any atom is 0.178 e. The van der Waals surface area contributed by atoms with Gasteiger partial charge in [0.2, 0.25) is 0 Å². The zero-order chi connectivity index (χ0) is 15.1. The maximum absolute atomic E-state index is 12.3. The molecule has 1 heterocycles. The number of hydrogen-bond donors (Lipinski definition) is 1. The van der Waals surface area contributed by atoms with Crippen LogP contribution in [0.1, 0.15) is 5.56 Å². The minimum absolute atomic E-state index is 0.0654. The summed E-state index contributed by atoms with van der Waals surface area (Å²) in [4.78, 5) is 0.232. The van der Waals surface area contributed by atoms with Gasteiger partial charge in [0.1, 0.15) is 10.7 Å². The topological polar surface area (TPSA) is 41.5 Å². The molecular weight excluding hydrogens is 374 g/mol. The molecule has 1 N–H and O–H groups in total. The fourth-order valence-electron chi connectivity index (χ4n) is 1.88. The van der Waals surface area contributed by atoms with Gasteiger partial charge in [-0.05, 0) is 0 Å². The summed E-state index contributed by atoms with van der Waals surface area (Å²) in [6.45, 7) is 0. The highest BCUT2D eigenvalue weighted by molar-refractivity contribution is 7.84. The molecule has 3 rings (SSSR count). The van der Waals surface area contributed by atoms with Crippen molar-refractivity contribution in [3.8, 4) is 0 Å². The number of hydrogen-bond acceptors (Lipinski definition) is 2. The molecule has 1 atom stereocenters. The van der Waals surface area contributed by atoms with E-state index in [0.29, 0.717) is 11.5 Å². The standard InChI is InChI=1S/C13H6Cl4N2OS/c14-7-8(15)10(17)12-11(9(7)16)18-13(19-21(12)20)6-4-2-1-3-5-6/h1-5H,(H,18,19). The third kappa shape index (κ3) is 2.56. The number of anilines is 1. The van der Waals surface area contributed by atoms with Crippen LogP contribution in [0.25, 0.3) is 0 Å². The highest BCUT2D eigenvalue weighted by atomic mass is 35.5. The Balaban J connectivity index is 2.19. The van der Waals surface area contributed by atoms with Gasteiger partial charge in [-0.3, -0.25) is 0 Å². The quantitative estimate of drug-likeness (QED) is 0.546. The molecule has 3 nitrogen and oxygen atoms in total. The molecule has 1 aliphatic rings. The third-order valence-corrected chi connectivity index (χ3v) is 5.88. The van der Waals surface area contributed by atoms with Crippen LogP contribution >= 0.6 is 46.4 Å². The molecule has 21 heavy (non-hydrogen) atoms. The van der Waals surface area contributed by atoms with Crippen molar-refractivity contribution in [1.82, 2.24) is 0 Å². The summed E-state index contributed by atoms with van der Waals surface area (Å²) < 4.78 is 16.4. The lowest BCUT2D eigenvalue weighted by Gasteiger charge is -2.21. The minimum Gasteiger partial charge on any atom is -0.337 e. The number of rotatable bonds is 1. The minimum atomic E-state index is -1.72. The molecule has 8 heteroatoms. The van der Waals surface area contributed by atoms with Crippen LogP contribution in [0, 0.1) is 0 Å². The zero-order valence-electron chi connectivity index (χ0n) is 10.2. The van der Waals surface area contributed by atoms with E-state index in [9.17, 15) is 4.21 Å². The van der Waals surface area contributed by atoms with Gasteiger partial charge in [0.15, 0.2) is 11.0 Å². The Morgan fingerprint density at radius 3 is 2.19 bits per heavy atom. The Kier molecular flexibility index (Phi) is 4.17. The van der Waals surface area contributed by atoms with Crippen molar-refractivity contribution in [3.63, 3.8) is 0 Å². The Labute approximate surface area is 143 Å². The molecular formula is C13H6Cl4N2OS. The predicted molar refractivity (Wildman–Crippen MR) is 89.5 cm³/mol. The molecule has 0 radical (unpaired) electrons. The van der Waals surface area contributed by atoms with E-state index in [0.717, 1.165) is 5.56 Å². The number of nitrogens with one attached hydrogen (secondary N) is 1. The summed E-state index contributed by atoms with van der Waals surface area (Å²) in [6.07, 6.45) is 0. The van der Waals surface area contributed by atoms with E-state index >= 15 is 0 Å². The van der Waals surface area contributed by atoms with Gasteiger partial charge in [-0.15, -0.1) is 0 Å². The molecule has 1 aliphatic heterocycles. The van der Waals surface area contributed by atoms with Gasteiger partial charge in [-0.2, -0.15) is 4.40 Å².